The Balaban J connectivity index is 2.95. The molecule has 0 amide bonds. The summed E-state index contributed by atoms with van der Waals surface area (Å²) >= 11 is 12.0. The van der Waals surface area contributed by atoms with Gasteiger partial charge in [0, 0.05) is 14.1 Å². The standard InChI is InChI=1S/C14H11Cl2F3N5O3P/c1-22(2)23(3)13-12(28(25,26)27)10(6-20)21-24(13)11-8(15)4-7(5-9(11)16)14(17,18)19/h4-5H,3H2,1-2H3,(H-,25,26,27)/p+1. The van der Waals surface area contributed by atoms with Gasteiger partial charge in [0.15, 0.2) is 11.0 Å². The van der Waals surface area contributed by atoms with E-state index in [-0.39, 0.29) is 5.69 Å². The molecule has 0 aliphatic heterocycles. The largest absolute Gasteiger partial charge is 0.416 e. The number of alkyl halides is 3. The average Bonchev–Trinajstić information content (AvgIpc) is 2.91. The molecule has 2 N–H and O–H groups in total. The number of rotatable bonds is 4. The van der Waals surface area contributed by atoms with E-state index in [2.05, 4.69) is 11.8 Å². The molecule has 14 heteroatoms. The third-order valence-electron chi connectivity index (χ3n) is 3.52. The van der Waals surface area contributed by atoms with Crippen LogP contribution >= 0.6 is 30.8 Å². The second kappa shape index (κ2) is 7.39. The van der Waals surface area contributed by atoms with Crippen LogP contribution in [0.4, 0.5) is 19.0 Å². The average molecular weight is 457 g/mol. The monoisotopic (exact) mass is 456 g/mol. The molecule has 8 nitrogen and oxygen atoms in total. The van der Waals surface area contributed by atoms with Crippen LogP contribution in [0, 0.1) is 11.3 Å². The smallest absolute Gasteiger partial charge is 0.321 e. The Morgan fingerprint density at radius 3 is 2.18 bits per heavy atom. The lowest BCUT2D eigenvalue weighted by Crippen LogP contribution is -2.28. The maximum absolute atomic E-state index is 13.0. The fourth-order valence-corrected chi connectivity index (χ4v) is 3.74. The maximum Gasteiger partial charge on any atom is 0.416 e. The van der Waals surface area contributed by atoms with Crippen LogP contribution in [-0.2, 0) is 10.7 Å². The molecule has 150 valence electrons. The zero-order chi connectivity index (χ0) is 21.6. The Hall–Kier alpha value is -2.09. The zero-order valence-corrected chi connectivity index (χ0v) is 16.6. The molecular formula is C14H12Cl2F3N5O3P+. The predicted octanol–water partition coefficient (Wildman–Crippen LogP) is 2.69. The van der Waals surface area contributed by atoms with E-state index in [1.165, 1.54) is 25.2 Å². The number of hydrazone groups is 1. The number of hydrazine groups is 1. The highest BCUT2D eigenvalue weighted by molar-refractivity contribution is 7.60. The third kappa shape index (κ3) is 4.01. The fraction of sp³-hybridized carbons (Fsp3) is 0.214. The molecule has 2 rings (SSSR count). The number of aromatic nitrogens is 2. The molecule has 0 saturated heterocycles. The fourth-order valence-electron chi connectivity index (χ4n) is 2.25. The second-order valence-corrected chi connectivity index (χ2v) is 7.97. The minimum Gasteiger partial charge on any atom is -0.321 e. The summed E-state index contributed by atoms with van der Waals surface area (Å²) < 4.78 is 52.6. The Morgan fingerprint density at radius 2 is 1.82 bits per heavy atom. The van der Waals surface area contributed by atoms with Crippen molar-refractivity contribution in [1.82, 2.24) is 14.8 Å². The lowest BCUT2D eigenvalue weighted by atomic mass is 10.2. The van der Waals surface area contributed by atoms with Crippen molar-refractivity contribution in [2.75, 3.05) is 14.1 Å². The lowest BCUT2D eigenvalue weighted by Gasteiger charge is -2.15. The van der Waals surface area contributed by atoms with Gasteiger partial charge in [-0.1, -0.05) is 33.0 Å². The van der Waals surface area contributed by atoms with Crippen LogP contribution in [0.2, 0.25) is 10.0 Å². The molecule has 0 bridgehead atoms. The van der Waals surface area contributed by atoms with Gasteiger partial charge in [-0.25, -0.2) is 5.01 Å². The molecule has 0 aliphatic rings. The first-order valence-corrected chi connectivity index (χ1v) is 9.50. The van der Waals surface area contributed by atoms with E-state index >= 15 is 0 Å². The molecular weight excluding hydrogens is 445 g/mol. The molecule has 0 unspecified atom stereocenters. The number of nitrogens with zero attached hydrogens (tertiary/aromatic N) is 5. The van der Waals surface area contributed by atoms with Crippen molar-refractivity contribution in [1.29, 1.82) is 5.26 Å². The van der Waals surface area contributed by atoms with Crippen molar-refractivity contribution in [3.05, 3.63) is 33.4 Å². The van der Waals surface area contributed by atoms with E-state index in [1.807, 2.05) is 0 Å². The lowest BCUT2D eigenvalue weighted by molar-refractivity contribution is -0.605. The molecule has 0 atom stereocenters. The predicted molar refractivity (Wildman–Crippen MR) is 95.7 cm³/mol. The van der Waals surface area contributed by atoms with Crippen LogP contribution in [0.1, 0.15) is 11.3 Å². The summed E-state index contributed by atoms with van der Waals surface area (Å²) in [6.07, 6.45) is -4.73. The normalized spacial score (nSPS) is 12.0. The number of hydrogen-bond acceptors (Lipinski definition) is 4. The maximum atomic E-state index is 13.0. The van der Waals surface area contributed by atoms with E-state index in [4.69, 9.17) is 23.2 Å². The molecule has 0 aliphatic carbocycles. The van der Waals surface area contributed by atoms with Gasteiger partial charge in [0.05, 0.1) is 22.3 Å². The van der Waals surface area contributed by atoms with Gasteiger partial charge in [-0.05, 0) is 12.1 Å². The summed E-state index contributed by atoms with van der Waals surface area (Å²) in [7, 11) is -2.11. The van der Waals surface area contributed by atoms with Crippen molar-refractivity contribution in [3.63, 3.8) is 0 Å². The molecule has 0 saturated carbocycles. The minimum absolute atomic E-state index is 0.307. The topological polar surface area (TPSA) is 105 Å². The molecule has 0 radical (unpaired) electrons. The molecule has 1 heterocycles. The summed E-state index contributed by atoms with van der Waals surface area (Å²) in [5.74, 6) is -0.390. The summed E-state index contributed by atoms with van der Waals surface area (Å²) in [6.45, 7) is 3.61. The van der Waals surface area contributed by atoms with Gasteiger partial charge in [0.1, 0.15) is 6.07 Å². The van der Waals surface area contributed by atoms with Crippen LogP contribution in [0.5, 0.6) is 0 Å². The molecule has 1 aromatic carbocycles. The van der Waals surface area contributed by atoms with E-state index in [9.17, 15) is 32.8 Å². The minimum atomic E-state index is -5.05. The first kappa shape index (κ1) is 22.2. The van der Waals surface area contributed by atoms with Gasteiger partial charge in [0.2, 0.25) is 5.69 Å². The van der Waals surface area contributed by atoms with Gasteiger partial charge in [-0.15, -0.1) is 4.68 Å². The van der Waals surface area contributed by atoms with Crippen LogP contribution in [0.25, 0.3) is 5.69 Å². The third-order valence-corrected chi connectivity index (χ3v) is 5.09. The van der Waals surface area contributed by atoms with E-state index < -0.39 is 46.2 Å². The van der Waals surface area contributed by atoms with Gasteiger partial charge in [0.25, 0.3) is 0 Å². The second-order valence-electron chi connectivity index (χ2n) is 5.62. The quantitative estimate of drug-likeness (QED) is 0.317. The molecule has 28 heavy (non-hydrogen) atoms. The number of nitriles is 1. The number of halogens is 5. The van der Waals surface area contributed by atoms with E-state index in [0.717, 1.165) is 9.37 Å². The van der Waals surface area contributed by atoms with Crippen LogP contribution in [-0.4, -0.2) is 50.1 Å². The molecule has 1 aromatic heterocycles. The van der Waals surface area contributed by atoms with Crippen molar-refractivity contribution in [2.24, 2.45) is 0 Å². The molecule has 2 aromatic rings. The van der Waals surface area contributed by atoms with Gasteiger partial charge in [-0.3, -0.25) is 4.57 Å². The van der Waals surface area contributed by atoms with Gasteiger partial charge in [-0.2, -0.15) is 18.4 Å². The van der Waals surface area contributed by atoms with Crippen molar-refractivity contribution >= 4 is 48.6 Å². The van der Waals surface area contributed by atoms with Crippen molar-refractivity contribution in [2.45, 2.75) is 6.18 Å². The van der Waals surface area contributed by atoms with Gasteiger partial charge < -0.3 is 9.79 Å². The SMILES string of the molecule is C=[N+](c1c(P(=O)(O)O)c(C#N)nn1-c1c(Cl)cc(C(F)(F)F)cc1Cl)N(C)C. The van der Waals surface area contributed by atoms with Crippen LogP contribution < -0.4 is 5.30 Å². The van der Waals surface area contributed by atoms with Crippen LogP contribution in [0.15, 0.2) is 12.1 Å². The Bertz CT molecular complexity index is 1030. The van der Waals surface area contributed by atoms with Crippen molar-refractivity contribution < 1.29 is 32.2 Å². The summed E-state index contributed by atoms with van der Waals surface area (Å²) in [6, 6.07) is 2.71. The highest BCUT2D eigenvalue weighted by Crippen LogP contribution is 2.42. The Labute approximate surface area is 166 Å². The summed E-state index contributed by atoms with van der Waals surface area (Å²) in [5.41, 5.74) is -2.10. The first-order valence-electron chi connectivity index (χ1n) is 7.13. The summed E-state index contributed by atoms with van der Waals surface area (Å²) in [5, 5.41) is 12.5. The summed E-state index contributed by atoms with van der Waals surface area (Å²) in [4.78, 5) is 19.4. The van der Waals surface area contributed by atoms with E-state index in [0.29, 0.717) is 12.1 Å². The molecule has 0 spiro atoms. The van der Waals surface area contributed by atoms with Crippen LogP contribution in [0.3, 0.4) is 0 Å². The zero-order valence-electron chi connectivity index (χ0n) is 14.2. The number of benzene rings is 1. The van der Waals surface area contributed by atoms with Gasteiger partial charge >= 0.3 is 19.6 Å². The highest BCUT2D eigenvalue weighted by atomic mass is 35.5. The molecule has 0 fully saturated rings. The number of hydrogen-bond donors (Lipinski definition) is 2. The first-order chi connectivity index (χ1) is 12.7. The Kier molecular flexibility index (Phi) is 5.86. The van der Waals surface area contributed by atoms with E-state index in [1.54, 1.807) is 0 Å². The highest BCUT2D eigenvalue weighted by Gasteiger charge is 2.42. The van der Waals surface area contributed by atoms with Crippen molar-refractivity contribution in [3.8, 4) is 11.8 Å². The Morgan fingerprint density at radius 1 is 1.32 bits per heavy atom.